The first kappa shape index (κ1) is 21.3. The van der Waals surface area contributed by atoms with E-state index in [-0.39, 0.29) is 5.91 Å². The summed E-state index contributed by atoms with van der Waals surface area (Å²) in [4.78, 5) is 26.0. The van der Waals surface area contributed by atoms with Crippen molar-refractivity contribution in [3.63, 3.8) is 0 Å². The van der Waals surface area contributed by atoms with E-state index in [4.69, 9.17) is 9.47 Å². The van der Waals surface area contributed by atoms with Gasteiger partial charge >= 0.3 is 6.09 Å². The van der Waals surface area contributed by atoms with Crippen molar-refractivity contribution in [2.24, 2.45) is 0 Å². The van der Waals surface area contributed by atoms with E-state index in [1.165, 1.54) is 0 Å². The van der Waals surface area contributed by atoms with Gasteiger partial charge in [0.2, 0.25) is 0 Å². The third-order valence-electron chi connectivity index (χ3n) is 3.96. The van der Waals surface area contributed by atoms with Crippen LogP contribution in [0.2, 0.25) is 0 Å². The first-order chi connectivity index (χ1) is 13.2. The van der Waals surface area contributed by atoms with Crippen LogP contribution >= 0.6 is 0 Å². The van der Waals surface area contributed by atoms with Crippen molar-refractivity contribution in [3.8, 4) is 5.75 Å². The number of rotatable bonds is 6. The number of nitrogens with one attached hydrogen (secondary N) is 1. The summed E-state index contributed by atoms with van der Waals surface area (Å²) in [5, 5.41) is 2.70. The number of amides is 2. The molecule has 0 radical (unpaired) electrons. The van der Waals surface area contributed by atoms with Crippen LogP contribution in [-0.4, -0.2) is 36.7 Å². The van der Waals surface area contributed by atoms with Gasteiger partial charge in [-0.1, -0.05) is 24.3 Å². The van der Waals surface area contributed by atoms with Gasteiger partial charge in [-0.2, -0.15) is 0 Å². The third-order valence-corrected chi connectivity index (χ3v) is 3.96. The molecule has 0 aliphatic carbocycles. The van der Waals surface area contributed by atoms with Crippen molar-refractivity contribution in [1.82, 2.24) is 10.2 Å². The van der Waals surface area contributed by atoms with Crippen molar-refractivity contribution < 1.29 is 19.1 Å². The lowest BCUT2D eigenvalue weighted by molar-refractivity contribution is 0.0523. The molecule has 2 aromatic rings. The van der Waals surface area contributed by atoms with Crippen LogP contribution in [0.3, 0.4) is 0 Å². The number of alkyl carbamates (subject to hydrolysis) is 1. The number of nitrogens with zero attached hydrogens (tertiary/aromatic N) is 1. The number of ether oxygens (including phenoxy) is 2. The standard InChI is InChI=1S/C22H28N2O4/c1-22(2,3)28-21(26)23-14-16-6-10-18(11-7-16)20(25)24(4)15-17-8-12-19(27-5)13-9-17/h6-13H,14-15H2,1-5H3,(H,23,26). The highest BCUT2D eigenvalue weighted by Gasteiger charge is 2.16. The summed E-state index contributed by atoms with van der Waals surface area (Å²) in [5.74, 6) is 0.718. The van der Waals surface area contributed by atoms with Crippen LogP contribution < -0.4 is 10.1 Å². The number of methoxy groups -OCH3 is 1. The number of carbonyl (C=O) groups is 2. The van der Waals surface area contributed by atoms with Gasteiger partial charge in [-0.3, -0.25) is 4.79 Å². The monoisotopic (exact) mass is 384 g/mol. The Balaban J connectivity index is 1.90. The maximum atomic E-state index is 12.6. The summed E-state index contributed by atoms with van der Waals surface area (Å²) >= 11 is 0. The fraction of sp³-hybridized carbons (Fsp3) is 0.364. The Morgan fingerprint density at radius 3 is 2.07 bits per heavy atom. The van der Waals surface area contributed by atoms with Crippen molar-refractivity contribution in [3.05, 3.63) is 65.2 Å². The highest BCUT2D eigenvalue weighted by atomic mass is 16.6. The predicted octanol–water partition coefficient (Wildman–Crippen LogP) is 3.99. The molecule has 2 rings (SSSR count). The average molecular weight is 384 g/mol. The zero-order chi connectivity index (χ0) is 20.7. The molecule has 0 aliphatic heterocycles. The van der Waals surface area contributed by atoms with Crippen LogP contribution in [0.1, 0.15) is 42.3 Å². The summed E-state index contributed by atoms with van der Waals surface area (Å²) in [6.07, 6.45) is -0.466. The smallest absolute Gasteiger partial charge is 0.407 e. The van der Waals surface area contributed by atoms with E-state index >= 15 is 0 Å². The van der Waals surface area contributed by atoms with E-state index in [9.17, 15) is 9.59 Å². The van der Waals surface area contributed by atoms with E-state index in [1.54, 1.807) is 31.2 Å². The molecule has 0 saturated carbocycles. The van der Waals surface area contributed by atoms with E-state index in [0.29, 0.717) is 18.7 Å². The summed E-state index contributed by atoms with van der Waals surface area (Å²) in [6.45, 7) is 6.29. The number of hydrogen-bond donors (Lipinski definition) is 1. The molecule has 0 spiro atoms. The largest absolute Gasteiger partial charge is 0.497 e. The van der Waals surface area contributed by atoms with E-state index in [2.05, 4.69) is 5.32 Å². The number of hydrogen-bond acceptors (Lipinski definition) is 4. The summed E-state index contributed by atoms with van der Waals surface area (Å²) in [5.41, 5.74) is 1.97. The second-order valence-electron chi connectivity index (χ2n) is 7.56. The fourth-order valence-corrected chi connectivity index (χ4v) is 2.55. The minimum Gasteiger partial charge on any atom is -0.497 e. The predicted molar refractivity (Wildman–Crippen MR) is 108 cm³/mol. The highest BCUT2D eigenvalue weighted by Crippen LogP contribution is 2.14. The Labute approximate surface area is 166 Å². The van der Waals surface area contributed by atoms with Crippen LogP contribution in [0, 0.1) is 0 Å². The molecule has 0 bridgehead atoms. The van der Waals surface area contributed by atoms with E-state index in [1.807, 2.05) is 57.2 Å². The van der Waals surface area contributed by atoms with E-state index in [0.717, 1.165) is 16.9 Å². The molecule has 6 heteroatoms. The third kappa shape index (κ3) is 6.61. The number of carbonyl (C=O) groups excluding carboxylic acids is 2. The highest BCUT2D eigenvalue weighted by molar-refractivity contribution is 5.94. The molecular weight excluding hydrogens is 356 g/mol. The Kier molecular flexibility index (Phi) is 7.04. The van der Waals surface area contributed by atoms with Crippen LogP contribution in [0.25, 0.3) is 0 Å². The van der Waals surface area contributed by atoms with Crippen LogP contribution in [0.5, 0.6) is 5.75 Å². The molecule has 0 unspecified atom stereocenters. The summed E-state index contributed by atoms with van der Waals surface area (Å²) < 4.78 is 10.4. The molecule has 0 heterocycles. The van der Waals surface area contributed by atoms with Crippen molar-refractivity contribution in [1.29, 1.82) is 0 Å². The molecule has 6 nitrogen and oxygen atoms in total. The molecular formula is C22H28N2O4. The molecule has 0 aliphatic rings. The minimum atomic E-state index is -0.533. The Morgan fingerprint density at radius 2 is 1.54 bits per heavy atom. The van der Waals surface area contributed by atoms with Gasteiger partial charge in [0.25, 0.3) is 5.91 Å². The zero-order valence-electron chi connectivity index (χ0n) is 17.1. The van der Waals surface area contributed by atoms with Gasteiger partial charge in [0, 0.05) is 25.7 Å². The molecule has 0 aromatic heterocycles. The Morgan fingerprint density at radius 1 is 0.964 bits per heavy atom. The average Bonchev–Trinajstić information content (AvgIpc) is 2.65. The molecule has 1 N–H and O–H groups in total. The van der Waals surface area contributed by atoms with Gasteiger partial charge in [0.1, 0.15) is 11.4 Å². The first-order valence-electron chi connectivity index (χ1n) is 9.12. The lowest BCUT2D eigenvalue weighted by atomic mass is 10.1. The van der Waals surface area contributed by atoms with Crippen molar-refractivity contribution >= 4 is 12.0 Å². The summed E-state index contributed by atoms with van der Waals surface area (Å²) in [6, 6.07) is 14.8. The van der Waals surface area contributed by atoms with Crippen molar-refractivity contribution in [2.75, 3.05) is 14.2 Å². The van der Waals surface area contributed by atoms with Crippen LogP contribution in [0.15, 0.2) is 48.5 Å². The van der Waals surface area contributed by atoms with Crippen LogP contribution in [-0.2, 0) is 17.8 Å². The minimum absolute atomic E-state index is 0.0672. The van der Waals surface area contributed by atoms with Gasteiger partial charge in [-0.15, -0.1) is 0 Å². The second-order valence-corrected chi connectivity index (χ2v) is 7.56. The maximum Gasteiger partial charge on any atom is 0.407 e. The van der Waals surface area contributed by atoms with Gasteiger partial charge in [0.15, 0.2) is 0 Å². The first-order valence-corrected chi connectivity index (χ1v) is 9.12. The molecule has 0 fully saturated rings. The second kappa shape index (κ2) is 9.26. The van der Waals surface area contributed by atoms with Gasteiger partial charge < -0.3 is 19.7 Å². The molecule has 0 saturated heterocycles. The topological polar surface area (TPSA) is 67.9 Å². The zero-order valence-corrected chi connectivity index (χ0v) is 17.1. The Hall–Kier alpha value is -3.02. The number of benzene rings is 2. The quantitative estimate of drug-likeness (QED) is 0.818. The lowest BCUT2D eigenvalue weighted by Crippen LogP contribution is -2.32. The summed E-state index contributed by atoms with van der Waals surface area (Å²) in [7, 11) is 3.39. The maximum absolute atomic E-state index is 12.6. The lowest BCUT2D eigenvalue weighted by Gasteiger charge is -2.20. The van der Waals surface area contributed by atoms with Crippen molar-refractivity contribution in [2.45, 2.75) is 39.5 Å². The van der Waals surface area contributed by atoms with Crippen LogP contribution in [0.4, 0.5) is 4.79 Å². The normalized spacial score (nSPS) is 10.9. The van der Waals surface area contributed by atoms with Gasteiger partial charge in [0.05, 0.1) is 7.11 Å². The molecule has 2 aromatic carbocycles. The molecule has 28 heavy (non-hydrogen) atoms. The molecule has 150 valence electrons. The molecule has 2 amide bonds. The van der Waals surface area contributed by atoms with Gasteiger partial charge in [-0.25, -0.2) is 4.79 Å². The fourth-order valence-electron chi connectivity index (χ4n) is 2.55. The SMILES string of the molecule is COc1ccc(CN(C)C(=O)c2ccc(CNC(=O)OC(C)(C)C)cc2)cc1. The Bertz CT molecular complexity index is 793. The van der Waals surface area contributed by atoms with E-state index < -0.39 is 11.7 Å². The van der Waals surface area contributed by atoms with Gasteiger partial charge in [-0.05, 0) is 56.2 Å². The molecule has 0 atom stereocenters.